The Morgan fingerprint density at radius 1 is 1.19 bits per heavy atom. The van der Waals surface area contributed by atoms with Crippen molar-refractivity contribution in [3.8, 4) is 17.0 Å². The molecule has 0 saturated carbocycles. The lowest BCUT2D eigenvalue weighted by Crippen LogP contribution is -2.40. The average molecular weight is 364 g/mol. The molecule has 26 heavy (non-hydrogen) atoms. The molecule has 1 heterocycles. The molecule has 0 aliphatic rings. The Balaban J connectivity index is 1.79. The lowest BCUT2D eigenvalue weighted by molar-refractivity contribution is -0.124. The van der Waals surface area contributed by atoms with Gasteiger partial charge >= 0.3 is 0 Å². The second kappa shape index (κ2) is 8.45. The van der Waals surface area contributed by atoms with Crippen LogP contribution in [0.3, 0.4) is 0 Å². The first kappa shape index (κ1) is 17.9. The van der Waals surface area contributed by atoms with E-state index >= 15 is 0 Å². The van der Waals surface area contributed by atoms with E-state index in [4.69, 9.17) is 4.74 Å². The van der Waals surface area contributed by atoms with Crippen molar-refractivity contribution in [2.75, 3.05) is 11.4 Å². The lowest BCUT2D eigenvalue weighted by atomic mass is 10.2. The number of para-hydroxylation sites is 1. The minimum absolute atomic E-state index is 0.150. The van der Waals surface area contributed by atoms with Crippen LogP contribution in [0.25, 0.3) is 11.3 Å². The molecule has 4 nitrogen and oxygen atoms in total. The molecule has 0 N–H and O–H groups in total. The van der Waals surface area contributed by atoms with Crippen molar-refractivity contribution in [3.63, 3.8) is 0 Å². The Morgan fingerprint density at radius 3 is 2.50 bits per heavy atom. The van der Waals surface area contributed by atoms with E-state index in [1.54, 1.807) is 17.9 Å². The normalized spacial score (nSPS) is 11.6. The molecule has 0 saturated heterocycles. The summed E-state index contributed by atoms with van der Waals surface area (Å²) in [5, 5.41) is 2.59. The molecular weight excluding hydrogens is 344 g/mol. The number of aromatic nitrogens is 1. The zero-order chi connectivity index (χ0) is 18.4. The van der Waals surface area contributed by atoms with Crippen LogP contribution >= 0.6 is 11.3 Å². The molecule has 0 spiro atoms. The summed E-state index contributed by atoms with van der Waals surface area (Å²) in [5.74, 6) is 0.513. The molecule has 1 aromatic heterocycles. The quantitative estimate of drug-likeness (QED) is 0.566. The SMILES string of the molecule is C=CCN(C(=O)C(C)Oc1ccccc1)c1nc(-c2ccccc2)cs1. The minimum Gasteiger partial charge on any atom is -0.481 e. The minimum atomic E-state index is -0.624. The fourth-order valence-electron chi connectivity index (χ4n) is 2.49. The zero-order valence-corrected chi connectivity index (χ0v) is 15.4. The van der Waals surface area contributed by atoms with Crippen molar-refractivity contribution < 1.29 is 9.53 Å². The number of carbonyl (C=O) groups excluding carboxylic acids is 1. The standard InChI is InChI=1S/C21H20N2O2S/c1-3-14-23(20(24)16(2)25-18-12-8-5-9-13-18)21-22-19(15-26-21)17-10-6-4-7-11-17/h3-13,15-16H,1,14H2,2H3. The highest BCUT2D eigenvalue weighted by Gasteiger charge is 2.25. The van der Waals surface area contributed by atoms with Crippen molar-refractivity contribution in [1.82, 2.24) is 4.98 Å². The van der Waals surface area contributed by atoms with Crippen LogP contribution in [0.15, 0.2) is 78.7 Å². The third-order valence-electron chi connectivity index (χ3n) is 3.77. The molecule has 0 fully saturated rings. The van der Waals surface area contributed by atoms with Crippen molar-refractivity contribution in [2.24, 2.45) is 0 Å². The number of benzene rings is 2. The van der Waals surface area contributed by atoms with Gasteiger partial charge in [-0.25, -0.2) is 4.98 Å². The molecular formula is C21H20N2O2S. The number of nitrogens with zero attached hydrogens (tertiary/aromatic N) is 2. The van der Waals surface area contributed by atoms with Crippen LogP contribution in [0.1, 0.15) is 6.92 Å². The van der Waals surface area contributed by atoms with E-state index in [-0.39, 0.29) is 5.91 Å². The van der Waals surface area contributed by atoms with Crippen LogP contribution < -0.4 is 9.64 Å². The summed E-state index contributed by atoms with van der Waals surface area (Å²) in [7, 11) is 0. The molecule has 2 aromatic carbocycles. The molecule has 5 heteroatoms. The molecule has 1 atom stereocenters. The van der Waals surface area contributed by atoms with E-state index in [9.17, 15) is 4.79 Å². The summed E-state index contributed by atoms with van der Waals surface area (Å²) >= 11 is 1.44. The molecule has 0 aliphatic heterocycles. The van der Waals surface area contributed by atoms with E-state index in [2.05, 4.69) is 11.6 Å². The Labute approximate surface area is 157 Å². The highest BCUT2D eigenvalue weighted by Crippen LogP contribution is 2.28. The Bertz CT molecular complexity index is 862. The van der Waals surface area contributed by atoms with Gasteiger partial charge in [-0.15, -0.1) is 17.9 Å². The fraction of sp³-hybridized carbons (Fsp3) is 0.143. The second-order valence-corrected chi connectivity index (χ2v) is 6.53. The number of amides is 1. The summed E-state index contributed by atoms with van der Waals surface area (Å²) in [6.45, 7) is 5.88. The van der Waals surface area contributed by atoms with Crippen LogP contribution in [-0.4, -0.2) is 23.5 Å². The largest absolute Gasteiger partial charge is 0.481 e. The van der Waals surface area contributed by atoms with Gasteiger partial charge in [0.25, 0.3) is 5.91 Å². The molecule has 1 unspecified atom stereocenters. The van der Waals surface area contributed by atoms with Crippen molar-refractivity contribution >= 4 is 22.4 Å². The smallest absolute Gasteiger partial charge is 0.269 e. The van der Waals surface area contributed by atoms with Gasteiger partial charge in [-0.3, -0.25) is 9.69 Å². The van der Waals surface area contributed by atoms with Gasteiger partial charge < -0.3 is 4.74 Å². The van der Waals surface area contributed by atoms with Crippen LogP contribution in [0.4, 0.5) is 5.13 Å². The number of hydrogen-bond donors (Lipinski definition) is 0. The summed E-state index contributed by atoms with van der Waals surface area (Å²) in [6, 6.07) is 19.2. The first-order chi connectivity index (χ1) is 12.7. The van der Waals surface area contributed by atoms with Gasteiger partial charge in [-0.1, -0.05) is 54.6 Å². The third kappa shape index (κ3) is 4.18. The highest BCUT2D eigenvalue weighted by atomic mass is 32.1. The van der Waals surface area contributed by atoms with Crippen LogP contribution in [-0.2, 0) is 4.79 Å². The Morgan fingerprint density at radius 2 is 1.85 bits per heavy atom. The van der Waals surface area contributed by atoms with Gasteiger partial charge in [-0.05, 0) is 19.1 Å². The molecule has 132 valence electrons. The number of carbonyl (C=O) groups is 1. The van der Waals surface area contributed by atoms with Crippen molar-refractivity contribution in [2.45, 2.75) is 13.0 Å². The number of thiazole rings is 1. The van der Waals surface area contributed by atoms with Gasteiger partial charge in [-0.2, -0.15) is 0 Å². The number of ether oxygens (including phenoxy) is 1. The van der Waals surface area contributed by atoms with Crippen LogP contribution in [0.2, 0.25) is 0 Å². The molecule has 0 bridgehead atoms. The maximum Gasteiger partial charge on any atom is 0.269 e. The van der Waals surface area contributed by atoms with E-state index in [0.717, 1.165) is 11.3 Å². The van der Waals surface area contributed by atoms with Gasteiger partial charge in [0.2, 0.25) is 0 Å². The summed E-state index contributed by atoms with van der Waals surface area (Å²) in [4.78, 5) is 19.1. The molecule has 3 aromatic rings. The predicted octanol–water partition coefficient (Wildman–Crippen LogP) is 4.80. The second-order valence-electron chi connectivity index (χ2n) is 5.69. The van der Waals surface area contributed by atoms with Gasteiger partial charge in [0, 0.05) is 17.5 Å². The van der Waals surface area contributed by atoms with Crippen molar-refractivity contribution in [3.05, 3.63) is 78.7 Å². The van der Waals surface area contributed by atoms with Crippen LogP contribution in [0.5, 0.6) is 5.75 Å². The van der Waals surface area contributed by atoms with Crippen LogP contribution in [0, 0.1) is 0 Å². The number of rotatable bonds is 7. The van der Waals surface area contributed by atoms with Gasteiger partial charge in [0.15, 0.2) is 11.2 Å². The lowest BCUT2D eigenvalue weighted by Gasteiger charge is -2.22. The molecule has 1 amide bonds. The molecule has 0 aliphatic carbocycles. The van der Waals surface area contributed by atoms with E-state index in [1.807, 2.05) is 66.0 Å². The summed E-state index contributed by atoms with van der Waals surface area (Å²) in [6.07, 6.45) is 1.07. The number of hydrogen-bond acceptors (Lipinski definition) is 4. The van der Waals surface area contributed by atoms with E-state index < -0.39 is 6.10 Å². The first-order valence-corrected chi connectivity index (χ1v) is 9.22. The van der Waals surface area contributed by atoms with Crippen molar-refractivity contribution in [1.29, 1.82) is 0 Å². The monoisotopic (exact) mass is 364 g/mol. The summed E-state index contributed by atoms with van der Waals surface area (Å²) < 4.78 is 5.77. The Kier molecular flexibility index (Phi) is 5.81. The zero-order valence-electron chi connectivity index (χ0n) is 14.5. The fourth-order valence-corrected chi connectivity index (χ4v) is 3.34. The van der Waals surface area contributed by atoms with Gasteiger partial charge in [0.1, 0.15) is 5.75 Å². The van der Waals surface area contributed by atoms with Gasteiger partial charge in [0.05, 0.1) is 5.69 Å². The maximum absolute atomic E-state index is 12.9. The maximum atomic E-state index is 12.9. The third-order valence-corrected chi connectivity index (χ3v) is 4.64. The number of anilines is 1. The van der Waals surface area contributed by atoms with E-state index in [1.165, 1.54) is 11.3 Å². The Hall–Kier alpha value is -2.92. The molecule has 0 radical (unpaired) electrons. The average Bonchev–Trinajstić information content (AvgIpc) is 3.17. The highest BCUT2D eigenvalue weighted by molar-refractivity contribution is 7.14. The topological polar surface area (TPSA) is 42.4 Å². The summed E-state index contributed by atoms with van der Waals surface area (Å²) in [5.41, 5.74) is 1.87. The predicted molar refractivity (Wildman–Crippen MR) is 107 cm³/mol. The molecule has 3 rings (SSSR count). The van der Waals surface area contributed by atoms with E-state index in [0.29, 0.717) is 17.4 Å². The first-order valence-electron chi connectivity index (χ1n) is 8.34.